The molecule has 2 aromatic carbocycles. The summed E-state index contributed by atoms with van der Waals surface area (Å²) < 4.78 is 5.19. The van der Waals surface area contributed by atoms with Gasteiger partial charge in [-0.15, -0.1) is 0 Å². The Bertz CT molecular complexity index is 989. The minimum Gasteiger partial charge on any atom is -0.436 e. The Labute approximate surface area is 207 Å². The first kappa shape index (κ1) is 24.8. The second kappa shape index (κ2) is 11.3. The average Bonchev–Trinajstić information content (AvgIpc) is 3.18. The fourth-order valence-electron chi connectivity index (χ4n) is 3.41. The van der Waals surface area contributed by atoms with Gasteiger partial charge < -0.3 is 20.3 Å². The molecule has 2 N–H and O–H groups in total. The molecule has 0 saturated carbocycles. The number of hydrogen-bond donors (Lipinski definition) is 2. The number of amides is 2. The van der Waals surface area contributed by atoms with E-state index in [0.29, 0.717) is 39.6 Å². The van der Waals surface area contributed by atoms with Crippen molar-refractivity contribution in [3.8, 4) is 0 Å². The molecule has 1 fully saturated rings. The number of carbonyl (C=O) groups is 2. The fourth-order valence-corrected chi connectivity index (χ4v) is 4.26. The second-order valence-corrected chi connectivity index (χ2v) is 9.17. The number of benzene rings is 2. The highest BCUT2D eigenvalue weighted by molar-refractivity contribution is 6.42. The first-order valence-electron chi connectivity index (χ1n) is 10.1. The maximum atomic E-state index is 12.4. The first-order valence-corrected chi connectivity index (χ1v) is 11.6. The van der Waals surface area contributed by atoms with Gasteiger partial charge in [-0.25, -0.2) is 4.79 Å². The van der Waals surface area contributed by atoms with E-state index in [1.807, 2.05) is 12.1 Å². The quantitative estimate of drug-likeness (QED) is 0.518. The lowest BCUT2D eigenvalue weighted by Gasteiger charge is -2.21. The highest BCUT2D eigenvalue weighted by Crippen LogP contribution is 2.31. The minimum atomic E-state index is -0.923. The Morgan fingerprint density at radius 3 is 2.59 bits per heavy atom. The predicted octanol–water partition coefficient (Wildman–Crippen LogP) is 5.35. The zero-order valence-corrected chi connectivity index (χ0v) is 20.4. The fraction of sp³-hybridized carbons (Fsp3) is 0.364. The van der Waals surface area contributed by atoms with Gasteiger partial charge in [0.1, 0.15) is 0 Å². The molecule has 10 heteroatoms. The molecule has 2 unspecified atom stereocenters. The summed E-state index contributed by atoms with van der Waals surface area (Å²) in [7, 11) is 0. The Morgan fingerprint density at radius 1 is 1.09 bits per heavy atom. The van der Waals surface area contributed by atoms with Crippen LogP contribution in [0.2, 0.25) is 20.1 Å². The van der Waals surface area contributed by atoms with Crippen LogP contribution in [0.3, 0.4) is 0 Å². The van der Waals surface area contributed by atoms with Crippen molar-refractivity contribution in [2.75, 3.05) is 24.5 Å². The molecule has 0 bridgehead atoms. The molecule has 1 aliphatic heterocycles. The van der Waals surface area contributed by atoms with Gasteiger partial charge >= 0.3 is 6.09 Å². The number of carbonyl (C=O) groups excluding carboxylic acids is 2. The predicted molar refractivity (Wildman–Crippen MR) is 129 cm³/mol. The summed E-state index contributed by atoms with van der Waals surface area (Å²) in [6.07, 6.45) is -0.271. The molecule has 3 rings (SSSR count). The molecule has 0 aliphatic carbocycles. The molecule has 0 radical (unpaired) electrons. The maximum absolute atomic E-state index is 12.4. The van der Waals surface area contributed by atoms with E-state index >= 15 is 0 Å². The van der Waals surface area contributed by atoms with Crippen LogP contribution in [0, 0.1) is 0 Å². The molecule has 1 aliphatic rings. The lowest BCUT2D eigenvalue weighted by atomic mass is 10.1. The van der Waals surface area contributed by atoms with Gasteiger partial charge in [0.05, 0.1) is 20.8 Å². The standard InChI is InChI=1S/C22H23Cl4N3O3/c1-13(32-22(31)27-8-6-14-2-4-17(24)18(25)10-14)21(30)28-16-7-9-29(12-16)20-5-3-15(23)11-19(20)26/h2-5,10-11,13,16H,6-9,12H2,1H3,(H,27,31)(H,28,30). The lowest BCUT2D eigenvalue weighted by molar-refractivity contribution is -0.129. The third kappa shape index (κ3) is 6.82. The minimum absolute atomic E-state index is 0.0713. The highest BCUT2D eigenvalue weighted by Gasteiger charge is 2.28. The van der Waals surface area contributed by atoms with Crippen LogP contribution < -0.4 is 15.5 Å². The monoisotopic (exact) mass is 517 g/mol. The Hall–Kier alpha value is -1.86. The topological polar surface area (TPSA) is 70.7 Å². The molecule has 1 heterocycles. The normalized spacial score (nSPS) is 16.5. The van der Waals surface area contributed by atoms with Gasteiger partial charge in [0.15, 0.2) is 6.10 Å². The second-order valence-electron chi connectivity index (χ2n) is 7.51. The molecule has 32 heavy (non-hydrogen) atoms. The van der Waals surface area contributed by atoms with Crippen LogP contribution in [-0.4, -0.2) is 43.8 Å². The third-order valence-electron chi connectivity index (χ3n) is 5.11. The van der Waals surface area contributed by atoms with E-state index in [4.69, 9.17) is 51.1 Å². The number of nitrogens with zero attached hydrogens (tertiary/aromatic N) is 1. The van der Waals surface area contributed by atoms with E-state index < -0.39 is 12.2 Å². The van der Waals surface area contributed by atoms with Crippen molar-refractivity contribution in [3.63, 3.8) is 0 Å². The molecular formula is C22H23Cl4N3O3. The summed E-state index contributed by atoms with van der Waals surface area (Å²) in [6, 6.07) is 10.6. The van der Waals surface area contributed by atoms with E-state index in [1.165, 1.54) is 6.92 Å². The van der Waals surface area contributed by atoms with Gasteiger partial charge in [0.2, 0.25) is 0 Å². The first-order chi connectivity index (χ1) is 15.2. The van der Waals surface area contributed by atoms with Crippen LogP contribution in [0.15, 0.2) is 36.4 Å². The molecule has 2 atom stereocenters. The molecule has 2 amide bonds. The number of rotatable bonds is 7. The largest absolute Gasteiger partial charge is 0.436 e. The summed E-state index contributed by atoms with van der Waals surface area (Å²) in [5, 5.41) is 7.64. The number of halogens is 4. The van der Waals surface area contributed by atoms with E-state index in [-0.39, 0.29) is 11.9 Å². The van der Waals surface area contributed by atoms with Crippen LogP contribution >= 0.6 is 46.4 Å². The zero-order chi connectivity index (χ0) is 23.3. The summed E-state index contributed by atoms with van der Waals surface area (Å²) in [6.45, 7) is 3.23. The Balaban J connectivity index is 1.40. The Morgan fingerprint density at radius 2 is 1.88 bits per heavy atom. The summed E-state index contributed by atoms with van der Waals surface area (Å²) in [5.41, 5.74) is 1.80. The smallest absolute Gasteiger partial charge is 0.407 e. The maximum Gasteiger partial charge on any atom is 0.407 e. The number of ether oxygens (including phenoxy) is 1. The number of alkyl carbamates (subject to hydrolysis) is 1. The number of hydrogen-bond acceptors (Lipinski definition) is 4. The molecular weight excluding hydrogens is 496 g/mol. The van der Waals surface area contributed by atoms with Crippen molar-refractivity contribution < 1.29 is 14.3 Å². The lowest BCUT2D eigenvalue weighted by Crippen LogP contribution is -2.44. The van der Waals surface area contributed by atoms with Crippen LogP contribution in [0.5, 0.6) is 0 Å². The van der Waals surface area contributed by atoms with Crippen LogP contribution in [0.1, 0.15) is 18.9 Å². The van der Waals surface area contributed by atoms with E-state index in [2.05, 4.69) is 15.5 Å². The number of nitrogens with one attached hydrogen (secondary N) is 2. The van der Waals surface area contributed by atoms with Crippen LogP contribution in [0.4, 0.5) is 10.5 Å². The van der Waals surface area contributed by atoms with Gasteiger partial charge in [-0.05, 0) is 55.7 Å². The van der Waals surface area contributed by atoms with Crippen LogP contribution in [-0.2, 0) is 16.0 Å². The van der Waals surface area contributed by atoms with Gasteiger partial charge in [-0.3, -0.25) is 4.79 Å². The van der Waals surface area contributed by atoms with Crippen molar-refractivity contribution in [1.82, 2.24) is 10.6 Å². The molecule has 0 spiro atoms. The van der Waals surface area contributed by atoms with Gasteiger partial charge in [0.25, 0.3) is 5.91 Å². The molecule has 1 saturated heterocycles. The van der Waals surface area contributed by atoms with E-state index in [0.717, 1.165) is 24.2 Å². The highest BCUT2D eigenvalue weighted by atomic mass is 35.5. The van der Waals surface area contributed by atoms with Crippen molar-refractivity contribution in [3.05, 3.63) is 62.1 Å². The van der Waals surface area contributed by atoms with E-state index in [9.17, 15) is 9.59 Å². The summed E-state index contributed by atoms with van der Waals surface area (Å²) >= 11 is 24.1. The molecule has 6 nitrogen and oxygen atoms in total. The third-order valence-corrected chi connectivity index (χ3v) is 6.38. The van der Waals surface area contributed by atoms with Crippen LogP contribution in [0.25, 0.3) is 0 Å². The summed E-state index contributed by atoms with van der Waals surface area (Å²) in [4.78, 5) is 26.6. The SMILES string of the molecule is CC(OC(=O)NCCc1ccc(Cl)c(Cl)c1)C(=O)NC1CCN(c2ccc(Cl)cc2Cl)C1. The van der Waals surface area contributed by atoms with Crippen molar-refractivity contribution in [2.24, 2.45) is 0 Å². The number of anilines is 1. The van der Waals surface area contributed by atoms with Crippen molar-refractivity contribution in [2.45, 2.75) is 31.9 Å². The van der Waals surface area contributed by atoms with Crippen molar-refractivity contribution >= 4 is 64.1 Å². The molecule has 172 valence electrons. The van der Waals surface area contributed by atoms with E-state index in [1.54, 1.807) is 24.3 Å². The average molecular weight is 519 g/mol. The summed E-state index contributed by atoms with van der Waals surface area (Å²) in [5.74, 6) is -0.348. The van der Waals surface area contributed by atoms with Gasteiger partial charge in [-0.2, -0.15) is 0 Å². The van der Waals surface area contributed by atoms with Gasteiger partial charge in [0, 0.05) is 30.7 Å². The zero-order valence-electron chi connectivity index (χ0n) is 17.3. The van der Waals surface area contributed by atoms with Gasteiger partial charge in [-0.1, -0.05) is 52.5 Å². The Kier molecular flexibility index (Phi) is 8.77. The molecule has 0 aromatic heterocycles. The molecule has 2 aromatic rings. The van der Waals surface area contributed by atoms with Crippen molar-refractivity contribution in [1.29, 1.82) is 0 Å².